The highest BCUT2D eigenvalue weighted by Gasteiger charge is 2.05. The van der Waals surface area contributed by atoms with Gasteiger partial charge in [0.1, 0.15) is 5.52 Å². The molecule has 13 heavy (non-hydrogen) atoms. The summed E-state index contributed by atoms with van der Waals surface area (Å²) in [4.78, 5) is 4.26. The summed E-state index contributed by atoms with van der Waals surface area (Å²) in [6.45, 7) is 0. The maximum absolute atomic E-state index is 5.25. The van der Waals surface area contributed by atoms with Crippen LogP contribution < -0.4 is 4.74 Å². The number of rotatable bonds is 1. The van der Waals surface area contributed by atoms with E-state index >= 15 is 0 Å². The zero-order valence-electron chi connectivity index (χ0n) is 7.12. The van der Waals surface area contributed by atoms with E-state index in [1.165, 1.54) is 0 Å². The number of methoxy groups -OCH3 is 1. The van der Waals surface area contributed by atoms with Gasteiger partial charge < -0.3 is 4.74 Å². The monoisotopic (exact) mass is 237 g/mol. The highest BCUT2D eigenvalue weighted by atomic mass is 79.9. The lowest BCUT2D eigenvalue weighted by molar-refractivity contribution is 0.416. The van der Waals surface area contributed by atoms with Crippen molar-refractivity contribution in [2.75, 3.05) is 7.11 Å². The number of hydrogen-bond donors (Lipinski definition) is 0. The van der Waals surface area contributed by atoms with Gasteiger partial charge in [0, 0.05) is 11.6 Å². The molecule has 0 radical (unpaired) electrons. The minimum absolute atomic E-state index is 0.790. The van der Waals surface area contributed by atoms with Crippen molar-refractivity contribution in [3.05, 3.63) is 34.9 Å². The van der Waals surface area contributed by atoms with E-state index < -0.39 is 0 Å². The van der Waals surface area contributed by atoms with E-state index in [2.05, 4.69) is 20.9 Å². The van der Waals surface area contributed by atoms with Crippen LogP contribution in [-0.4, -0.2) is 12.1 Å². The first-order valence-electron chi connectivity index (χ1n) is 3.90. The molecule has 2 aromatic rings. The third-order valence-corrected chi connectivity index (χ3v) is 2.51. The van der Waals surface area contributed by atoms with Crippen molar-refractivity contribution in [3.8, 4) is 5.75 Å². The lowest BCUT2D eigenvalue weighted by Crippen LogP contribution is -1.88. The van der Waals surface area contributed by atoms with Crippen LogP contribution in [0.3, 0.4) is 0 Å². The Morgan fingerprint density at radius 3 is 2.92 bits per heavy atom. The van der Waals surface area contributed by atoms with Crippen LogP contribution in [0.4, 0.5) is 0 Å². The van der Waals surface area contributed by atoms with Crippen molar-refractivity contribution in [3.63, 3.8) is 0 Å². The average molecular weight is 238 g/mol. The molecule has 1 heterocycles. The highest BCUT2D eigenvalue weighted by molar-refractivity contribution is 9.10. The zero-order chi connectivity index (χ0) is 9.26. The fraction of sp³-hybridized carbons (Fsp3) is 0.100. The molecule has 0 N–H and O–H groups in total. The molecule has 0 fully saturated rings. The normalized spacial score (nSPS) is 10.3. The Hall–Kier alpha value is -1.09. The SMILES string of the molecule is COc1c(Br)ccc2cccnc12. The molecule has 0 spiro atoms. The molecular formula is C10H8BrNO. The smallest absolute Gasteiger partial charge is 0.159 e. The van der Waals surface area contributed by atoms with Gasteiger partial charge in [-0.2, -0.15) is 0 Å². The Balaban J connectivity index is 2.84. The van der Waals surface area contributed by atoms with Crippen molar-refractivity contribution in [1.29, 1.82) is 0 Å². The fourth-order valence-electron chi connectivity index (χ4n) is 1.29. The molecule has 0 saturated carbocycles. The van der Waals surface area contributed by atoms with Crippen LogP contribution in [0, 0.1) is 0 Å². The molecule has 0 saturated heterocycles. The Morgan fingerprint density at radius 2 is 2.15 bits per heavy atom. The predicted molar refractivity (Wildman–Crippen MR) is 56.0 cm³/mol. The van der Waals surface area contributed by atoms with Crippen LogP contribution in [0.1, 0.15) is 0 Å². The number of nitrogens with zero attached hydrogens (tertiary/aromatic N) is 1. The van der Waals surface area contributed by atoms with Crippen molar-refractivity contribution in [2.24, 2.45) is 0 Å². The van der Waals surface area contributed by atoms with E-state index in [1.807, 2.05) is 24.3 Å². The van der Waals surface area contributed by atoms with Crippen LogP contribution in [0.15, 0.2) is 34.9 Å². The van der Waals surface area contributed by atoms with Crippen LogP contribution >= 0.6 is 15.9 Å². The van der Waals surface area contributed by atoms with E-state index in [0.29, 0.717) is 0 Å². The quantitative estimate of drug-likeness (QED) is 0.761. The third-order valence-electron chi connectivity index (χ3n) is 1.88. The molecule has 2 rings (SSSR count). The highest BCUT2D eigenvalue weighted by Crippen LogP contribution is 2.31. The van der Waals surface area contributed by atoms with Gasteiger partial charge in [0.2, 0.25) is 0 Å². The molecule has 0 atom stereocenters. The molecule has 2 nitrogen and oxygen atoms in total. The summed E-state index contributed by atoms with van der Waals surface area (Å²) in [5.74, 6) is 0.790. The number of hydrogen-bond acceptors (Lipinski definition) is 2. The summed E-state index contributed by atoms with van der Waals surface area (Å²) in [5, 5.41) is 1.09. The van der Waals surface area contributed by atoms with Crippen LogP contribution in [0.5, 0.6) is 5.75 Å². The van der Waals surface area contributed by atoms with Gasteiger partial charge in [-0.3, -0.25) is 4.98 Å². The van der Waals surface area contributed by atoms with Crippen molar-refractivity contribution < 1.29 is 4.74 Å². The van der Waals surface area contributed by atoms with Crippen LogP contribution in [-0.2, 0) is 0 Å². The van der Waals surface area contributed by atoms with Gasteiger partial charge in [-0.15, -0.1) is 0 Å². The first kappa shape index (κ1) is 8.51. The second-order valence-electron chi connectivity index (χ2n) is 2.66. The number of fused-ring (bicyclic) bond motifs is 1. The topological polar surface area (TPSA) is 22.1 Å². The third kappa shape index (κ3) is 1.40. The molecule has 0 aliphatic rings. The van der Waals surface area contributed by atoms with Crippen molar-refractivity contribution in [2.45, 2.75) is 0 Å². The van der Waals surface area contributed by atoms with Crippen molar-refractivity contribution in [1.82, 2.24) is 4.98 Å². The van der Waals surface area contributed by atoms with Crippen LogP contribution in [0.25, 0.3) is 10.9 Å². The van der Waals surface area contributed by atoms with Gasteiger partial charge in [-0.25, -0.2) is 0 Å². The second-order valence-corrected chi connectivity index (χ2v) is 3.51. The lowest BCUT2D eigenvalue weighted by atomic mass is 10.2. The summed E-state index contributed by atoms with van der Waals surface area (Å²) >= 11 is 3.41. The number of ether oxygens (including phenoxy) is 1. The molecule has 0 bridgehead atoms. The van der Waals surface area contributed by atoms with E-state index in [9.17, 15) is 0 Å². The van der Waals surface area contributed by atoms with Gasteiger partial charge in [0.15, 0.2) is 5.75 Å². The molecule has 66 valence electrons. The predicted octanol–water partition coefficient (Wildman–Crippen LogP) is 3.01. The van der Waals surface area contributed by atoms with Gasteiger partial charge in [-0.1, -0.05) is 12.1 Å². The largest absolute Gasteiger partial charge is 0.493 e. The maximum atomic E-state index is 5.25. The number of halogens is 1. The van der Waals surface area contributed by atoms with Gasteiger partial charge >= 0.3 is 0 Å². The van der Waals surface area contributed by atoms with Crippen molar-refractivity contribution >= 4 is 26.8 Å². The summed E-state index contributed by atoms with van der Waals surface area (Å²) in [6.07, 6.45) is 1.76. The maximum Gasteiger partial charge on any atom is 0.159 e. The Labute approximate surface area is 84.7 Å². The van der Waals surface area contributed by atoms with Gasteiger partial charge in [-0.05, 0) is 28.1 Å². The lowest BCUT2D eigenvalue weighted by Gasteiger charge is -2.05. The Bertz CT molecular complexity index is 442. The zero-order valence-corrected chi connectivity index (χ0v) is 8.71. The molecule has 0 unspecified atom stereocenters. The van der Waals surface area contributed by atoms with E-state index in [1.54, 1.807) is 13.3 Å². The number of pyridine rings is 1. The van der Waals surface area contributed by atoms with Crippen LogP contribution in [0.2, 0.25) is 0 Å². The minimum atomic E-state index is 0.790. The average Bonchev–Trinajstić information content (AvgIpc) is 2.18. The summed E-state index contributed by atoms with van der Waals surface area (Å²) in [7, 11) is 1.65. The molecule has 0 amide bonds. The molecule has 0 aliphatic heterocycles. The molecule has 1 aromatic carbocycles. The number of benzene rings is 1. The second kappa shape index (κ2) is 3.34. The van der Waals surface area contributed by atoms with E-state index in [4.69, 9.17) is 4.74 Å². The summed E-state index contributed by atoms with van der Waals surface area (Å²) in [5.41, 5.74) is 0.888. The first-order valence-corrected chi connectivity index (χ1v) is 4.69. The van der Waals surface area contributed by atoms with Gasteiger partial charge in [0.05, 0.1) is 11.6 Å². The Morgan fingerprint density at radius 1 is 1.31 bits per heavy atom. The molecule has 1 aromatic heterocycles. The van der Waals surface area contributed by atoms with E-state index in [-0.39, 0.29) is 0 Å². The first-order chi connectivity index (χ1) is 6.33. The fourth-order valence-corrected chi connectivity index (χ4v) is 1.77. The standard InChI is InChI=1S/C10H8BrNO/c1-13-10-8(11)5-4-7-3-2-6-12-9(7)10/h2-6H,1H3. The minimum Gasteiger partial charge on any atom is -0.493 e. The molecular weight excluding hydrogens is 230 g/mol. The van der Waals surface area contributed by atoms with E-state index in [0.717, 1.165) is 21.1 Å². The van der Waals surface area contributed by atoms with Gasteiger partial charge in [0.25, 0.3) is 0 Å². The number of aromatic nitrogens is 1. The summed E-state index contributed by atoms with van der Waals surface area (Å²) < 4.78 is 6.18. The molecule has 3 heteroatoms. The molecule has 0 aliphatic carbocycles. The Kier molecular flexibility index (Phi) is 2.19. The summed E-state index contributed by atoms with van der Waals surface area (Å²) in [6, 6.07) is 7.89.